The van der Waals surface area contributed by atoms with Crippen molar-refractivity contribution in [3.05, 3.63) is 29.3 Å². The molecule has 3 rings (SSSR count). The van der Waals surface area contributed by atoms with Gasteiger partial charge in [0.05, 0.1) is 0 Å². The van der Waals surface area contributed by atoms with E-state index in [2.05, 4.69) is 10.2 Å². The van der Waals surface area contributed by atoms with Crippen LogP contribution >= 0.6 is 11.6 Å². The lowest BCUT2D eigenvalue weighted by molar-refractivity contribution is 0.103. The zero-order valence-electron chi connectivity index (χ0n) is 12.2. The van der Waals surface area contributed by atoms with Crippen molar-refractivity contribution in [3.63, 3.8) is 0 Å². The number of nitrogens with zero attached hydrogens (tertiary/aromatic N) is 1. The molecular formula is C16H23ClN2O2. The number of rotatable bonds is 7. The fraction of sp³-hybridized carbons (Fsp3) is 0.625. The zero-order valence-corrected chi connectivity index (χ0v) is 12.9. The smallest absolute Gasteiger partial charge is 0.120 e. The molecule has 2 atom stereocenters. The molecule has 1 aromatic rings. The first-order valence-corrected chi connectivity index (χ1v) is 8.12. The third-order valence-electron chi connectivity index (χ3n) is 4.16. The first-order valence-electron chi connectivity index (χ1n) is 7.74. The van der Waals surface area contributed by atoms with Gasteiger partial charge in [0.1, 0.15) is 18.5 Å². The number of benzene rings is 1. The Bertz CT molecular complexity index is 467. The van der Waals surface area contributed by atoms with E-state index in [1.165, 1.54) is 25.8 Å². The molecule has 21 heavy (non-hydrogen) atoms. The molecule has 1 aromatic carbocycles. The average molecular weight is 311 g/mol. The normalized spacial score (nSPS) is 24.2. The van der Waals surface area contributed by atoms with Crippen molar-refractivity contribution < 1.29 is 9.84 Å². The van der Waals surface area contributed by atoms with Crippen molar-refractivity contribution in [2.45, 2.75) is 37.5 Å². The van der Waals surface area contributed by atoms with Gasteiger partial charge in [0.2, 0.25) is 0 Å². The number of aliphatic hydroxyl groups is 1. The first-order chi connectivity index (χ1) is 10.2. The predicted molar refractivity (Wildman–Crippen MR) is 84.0 cm³/mol. The molecule has 2 N–H and O–H groups in total. The maximum absolute atomic E-state index is 9.99. The van der Waals surface area contributed by atoms with Crippen LogP contribution in [0.1, 0.15) is 19.3 Å². The molecule has 0 bridgehead atoms. The van der Waals surface area contributed by atoms with Crippen molar-refractivity contribution in [2.75, 3.05) is 26.2 Å². The second kappa shape index (κ2) is 6.97. The molecule has 2 fully saturated rings. The number of hydrogen-bond donors (Lipinski definition) is 2. The summed E-state index contributed by atoms with van der Waals surface area (Å²) in [7, 11) is 0. The molecular weight excluding hydrogens is 288 g/mol. The molecule has 1 saturated heterocycles. The molecule has 0 aromatic heterocycles. The Morgan fingerprint density at radius 3 is 3.00 bits per heavy atom. The Balaban J connectivity index is 1.33. The van der Waals surface area contributed by atoms with Crippen LogP contribution in [0.25, 0.3) is 0 Å². The van der Waals surface area contributed by atoms with Gasteiger partial charge < -0.3 is 15.2 Å². The topological polar surface area (TPSA) is 44.7 Å². The van der Waals surface area contributed by atoms with Gasteiger partial charge in [-0.05, 0) is 37.5 Å². The number of hydrogen-bond acceptors (Lipinski definition) is 4. The molecule has 0 radical (unpaired) electrons. The lowest BCUT2D eigenvalue weighted by Gasteiger charge is -2.18. The fourth-order valence-electron chi connectivity index (χ4n) is 2.84. The van der Waals surface area contributed by atoms with Crippen molar-refractivity contribution in [3.8, 4) is 5.75 Å². The van der Waals surface area contributed by atoms with Gasteiger partial charge in [0, 0.05) is 36.7 Å². The van der Waals surface area contributed by atoms with E-state index in [0.29, 0.717) is 23.4 Å². The SMILES string of the molecule is OC(CNC1CCN(C2CC2)C1)COc1cccc(Cl)c1. The Morgan fingerprint density at radius 1 is 1.38 bits per heavy atom. The van der Waals surface area contributed by atoms with Crippen LogP contribution in [0.4, 0.5) is 0 Å². The minimum Gasteiger partial charge on any atom is -0.491 e. The van der Waals surface area contributed by atoms with E-state index in [0.717, 1.165) is 12.6 Å². The van der Waals surface area contributed by atoms with E-state index in [1.807, 2.05) is 12.1 Å². The van der Waals surface area contributed by atoms with Gasteiger partial charge in [-0.25, -0.2) is 0 Å². The van der Waals surface area contributed by atoms with Crippen molar-refractivity contribution in [1.82, 2.24) is 10.2 Å². The van der Waals surface area contributed by atoms with Gasteiger partial charge in [-0.3, -0.25) is 4.90 Å². The number of aliphatic hydroxyl groups excluding tert-OH is 1. The van der Waals surface area contributed by atoms with Crippen LogP contribution in [-0.4, -0.2) is 54.4 Å². The fourth-order valence-corrected chi connectivity index (χ4v) is 3.02. The van der Waals surface area contributed by atoms with Gasteiger partial charge in [-0.2, -0.15) is 0 Å². The van der Waals surface area contributed by atoms with E-state index in [-0.39, 0.29) is 6.61 Å². The van der Waals surface area contributed by atoms with E-state index in [1.54, 1.807) is 12.1 Å². The number of nitrogens with one attached hydrogen (secondary N) is 1. The van der Waals surface area contributed by atoms with E-state index >= 15 is 0 Å². The number of likely N-dealkylation sites (tertiary alicyclic amines) is 1. The summed E-state index contributed by atoms with van der Waals surface area (Å²) in [6.45, 7) is 3.17. The number of ether oxygens (including phenoxy) is 1. The maximum atomic E-state index is 9.99. The Morgan fingerprint density at radius 2 is 2.24 bits per heavy atom. The van der Waals surface area contributed by atoms with Gasteiger partial charge in [0.15, 0.2) is 0 Å². The highest BCUT2D eigenvalue weighted by Gasteiger charge is 2.34. The van der Waals surface area contributed by atoms with Gasteiger partial charge in [-0.1, -0.05) is 17.7 Å². The number of halogens is 1. The highest BCUT2D eigenvalue weighted by molar-refractivity contribution is 6.30. The Labute approximate surface area is 131 Å². The maximum Gasteiger partial charge on any atom is 0.120 e. The van der Waals surface area contributed by atoms with Crippen LogP contribution in [0.5, 0.6) is 5.75 Å². The minimum atomic E-state index is -0.501. The van der Waals surface area contributed by atoms with Gasteiger partial charge >= 0.3 is 0 Å². The standard InChI is InChI=1S/C16H23ClN2O2/c17-12-2-1-3-16(8-12)21-11-15(20)9-18-13-6-7-19(10-13)14-4-5-14/h1-3,8,13-15,18,20H,4-7,9-11H2. The van der Waals surface area contributed by atoms with Crippen molar-refractivity contribution in [1.29, 1.82) is 0 Å². The third-order valence-corrected chi connectivity index (χ3v) is 4.40. The molecule has 0 spiro atoms. The van der Waals surface area contributed by atoms with Crippen molar-refractivity contribution >= 4 is 11.6 Å². The largest absolute Gasteiger partial charge is 0.491 e. The zero-order chi connectivity index (χ0) is 14.7. The molecule has 2 aliphatic rings. The molecule has 5 heteroatoms. The lowest BCUT2D eigenvalue weighted by Crippen LogP contribution is -2.39. The van der Waals surface area contributed by atoms with Crippen LogP contribution < -0.4 is 10.1 Å². The van der Waals surface area contributed by atoms with Gasteiger partial charge in [-0.15, -0.1) is 0 Å². The second-order valence-electron chi connectivity index (χ2n) is 6.04. The molecule has 1 aliphatic carbocycles. The average Bonchev–Trinajstić information content (AvgIpc) is 3.22. The summed E-state index contributed by atoms with van der Waals surface area (Å²) in [5, 5.41) is 14.1. The summed E-state index contributed by atoms with van der Waals surface area (Å²) in [4.78, 5) is 2.56. The molecule has 116 valence electrons. The molecule has 1 heterocycles. The highest BCUT2D eigenvalue weighted by Crippen LogP contribution is 2.29. The van der Waals surface area contributed by atoms with Crippen LogP contribution in [0.3, 0.4) is 0 Å². The summed E-state index contributed by atoms with van der Waals surface area (Å²) >= 11 is 5.89. The Hall–Kier alpha value is -0.810. The van der Waals surface area contributed by atoms with E-state index < -0.39 is 6.10 Å². The van der Waals surface area contributed by atoms with Crippen LogP contribution in [-0.2, 0) is 0 Å². The third kappa shape index (κ3) is 4.58. The minimum absolute atomic E-state index is 0.284. The monoisotopic (exact) mass is 310 g/mol. The van der Waals surface area contributed by atoms with Crippen LogP contribution in [0, 0.1) is 0 Å². The summed E-state index contributed by atoms with van der Waals surface area (Å²) in [5.41, 5.74) is 0. The van der Waals surface area contributed by atoms with E-state index in [4.69, 9.17) is 16.3 Å². The summed E-state index contributed by atoms with van der Waals surface area (Å²) < 4.78 is 5.55. The molecule has 0 amide bonds. The van der Waals surface area contributed by atoms with Crippen LogP contribution in [0.15, 0.2) is 24.3 Å². The molecule has 1 saturated carbocycles. The summed E-state index contributed by atoms with van der Waals surface area (Å²) in [6.07, 6.45) is 3.41. The van der Waals surface area contributed by atoms with Crippen LogP contribution in [0.2, 0.25) is 5.02 Å². The summed E-state index contributed by atoms with van der Waals surface area (Å²) in [5.74, 6) is 0.697. The van der Waals surface area contributed by atoms with Gasteiger partial charge in [0.25, 0.3) is 0 Å². The molecule has 1 aliphatic heterocycles. The lowest BCUT2D eigenvalue weighted by atomic mass is 10.2. The molecule has 4 nitrogen and oxygen atoms in total. The summed E-state index contributed by atoms with van der Waals surface area (Å²) in [6, 6.07) is 8.59. The Kier molecular flexibility index (Phi) is 5.01. The highest BCUT2D eigenvalue weighted by atomic mass is 35.5. The predicted octanol–water partition coefficient (Wildman–Crippen LogP) is 1.91. The van der Waals surface area contributed by atoms with Crippen molar-refractivity contribution in [2.24, 2.45) is 0 Å². The quantitative estimate of drug-likeness (QED) is 0.807. The van der Waals surface area contributed by atoms with E-state index in [9.17, 15) is 5.11 Å². The molecule has 2 unspecified atom stereocenters. The first kappa shape index (κ1) is 15.1. The second-order valence-corrected chi connectivity index (χ2v) is 6.48.